The second-order valence-corrected chi connectivity index (χ2v) is 18.0. The number of nitrogens with one attached hydrogen (secondary N) is 1. The summed E-state index contributed by atoms with van der Waals surface area (Å²) in [6.45, 7) is 8.11. The van der Waals surface area contributed by atoms with Gasteiger partial charge in [-0.2, -0.15) is 0 Å². The number of amides is 1. The number of esters is 3. The van der Waals surface area contributed by atoms with Gasteiger partial charge in [-0.25, -0.2) is 4.79 Å². The minimum Gasteiger partial charge on any atom is -0.496 e. The van der Waals surface area contributed by atoms with Gasteiger partial charge in [-0.1, -0.05) is 44.2 Å². The lowest BCUT2D eigenvalue weighted by Gasteiger charge is -2.63. The SMILES string of the molecule is CCC1(O)CC2CN(CCc3c([nH]c4ccccc34)C(C(=O)OC)C2c2cc3c(cc2OC)N(C=O)C2C(O)(C(=O)OC)C(OC(C)=O)C4(CC)C=CCN5CCC32C54)C1. The van der Waals surface area contributed by atoms with Gasteiger partial charge in [-0.05, 0) is 73.4 Å². The molecule has 1 saturated carbocycles. The maximum Gasteiger partial charge on any atom is 0.344 e. The smallest absolute Gasteiger partial charge is 0.344 e. The van der Waals surface area contributed by atoms with Crippen molar-refractivity contribution in [2.24, 2.45) is 11.3 Å². The minimum absolute atomic E-state index is 0.270. The van der Waals surface area contributed by atoms with E-state index in [4.69, 9.17) is 18.9 Å². The molecule has 320 valence electrons. The summed E-state index contributed by atoms with van der Waals surface area (Å²) in [4.78, 5) is 65.4. The molecule has 6 heterocycles. The van der Waals surface area contributed by atoms with Gasteiger partial charge in [0.25, 0.3) is 0 Å². The van der Waals surface area contributed by atoms with E-state index in [1.807, 2.05) is 50.3 Å². The van der Waals surface area contributed by atoms with Gasteiger partial charge >= 0.3 is 17.9 Å². The van der Waals surface area contributed by atoms with Crippen molar-refractivity contribution >= 4 is 40.9 Å². The Bertz CT molecular complexity index is 2290. The molecule has 3 fully saturated rings. The number of carbonyl (C=O) groups excluding carboxylic acids is 4. The van der Waals surface area contributed by atoms with Crippen molar-refractivity contribution in [3.8, 4) is 5.75 Å². The molecule has 14 nitrogen and oxygen atoms in total. The van der Waals surface area contributed by atoms with Crippen molar-refractivity contribution in [1.29, 1.82) is 0 Å². The van der Waals surface area contributed by atoms with E-state index >= 15 is 0 Å². The van der Waals surface area contributed by atoms with Crippen LogP contribution in [-0.2, 0) is 45.2 Å². The van der Waals surface area contributed by atoms with Gasteiger partial charge in [-0.15, -0.1) is 0 Å². The molecule has 1 spiro atoms. The molecule has 3 aromatic rings. The van der Waals surface area contributed by atoms with Crippen LogP contribution in [0, 0.1) is 11.3 Å². The number of fused-ring (bicyclic) bond motifs is 6. The van der Waals surface area contributed by atoms with Crippen LogP contribution in [0.2, 0.25) is 0 Å². The standard InChI is InChI=1S/C46H56N4O10/c1-7-43(55)22-27-23-48(24-43)18-14-29-28-12-9-10-13-32(28)47-37(29)36(38(53)58-5)35(27)30-20-31-33(21-34(30)57-4)50(25-51)40-45(31)16-19-49-17-11-15-44(8-2,39(45)49)41(60-26(3)52)46(40,56)42(54)59-6/h9-13,15,20-21,25,27,35-36,39-41,47,55-56H,7-8,14,16-19,22-24H2,1-6H3. The van der Waals surface area contributed by atoms with Crippen LogP contribution < -0.4 is 9.64 Å². The van der Waals surface area contributed by atoms with E-state index in [0.29, 0.717) is 88.2 Å². The van der Waals surface area contributed by atoms with Gasteiger partial charge < -0.3 is 39.0 Å². The Morgan fingerprint density at radius 1 is 1.02 bits per heavy atom. The third-order valence-corrected chi connectivity index (χ3v) is 15.5. The fraction of sp³-hybridized carbons (Fsp3) is 0.565. The zero-order valence-electron chi connectivity index (χ0n) is 35.2. The molecular formula is C46H56N4O10. The Labute approximate surface area is 349 Å². The largest absolute Gasteiger partial charge is 0.496 e. The third-order valence-electron chi connectivity index (χ3n) is 15.5. The molecule has 1 aliphatic carbocycles. The van der Waals surface area contributed by atoms with Gasteiger partial charge in [0.15, 0.2) is 6.10 Å². The molecule has 1 amide bonds. The lowest BCUT2D eigenvalue weighted by Crippen LogP contribution is -2.81. The van der Waals surface area contributed by atoms with Crippen molar-refractivity contribution in [3.05, 3.63) is 70.9 Å². The van der Waals surface area contributed by atoms with E-state index in [0.717, 1.165) is 27.7 Å². The summed E-state index contributed by atoms with van der Waals surface area (Å²) >= 11 is 0. The summed E-state index contributed by atoms with van der Waals surface area (Å²) in [6.07, 6.45) is 5.62. The predicted octanol–water partition coefficient (Wildman–Crippen LogP) is 3.71. The van der Waals surface area contributed by atoms with Crippen molar-refractivity contribution in [2.75, 3.05) is 59.0 Å². The Kier molecular flexibility index (Phi) is 9.77. The second-order valence-electron chi connectivity index (χ2n) is 18.0. The number of nitrogens with zero attached hydrogens (tertiary/aromatic N) is 3. The van der Waals surface area contributed by atoms with Crippen LogP contribution in [-0.4, -0.2) is 133 Å². The average Bonchev–Trinajstić information content (AvgIpc) is 3.92. The average molecular weight is 825 g/mol. The molecule has 9 rings (SSSR count). The Hall–Kier alpha value is -4.76. The molecule has 60 heavy (non-hydrogen) atoms. The fourth-order valence-electron chi connectivity index (χ4n) is 13.3. The van der Waals surface area contributed by atoms with Crippen molar-refractivity contribution in [2.45, 2.75) is 99.5 Å². The van der Waals surface area contributed by atoms with E-state index in [1.54, 1.807) is 13.2 Å². The number of benzene rings is 2. The number of ether oxygens (including phenoxy) is 4. The number of H-pyrrole nitrogens is 1. The first-order valence-electron chi connectivity index (χ1n) is 21.3. The number of carbonyl (C=O) groups is 4. The van der Waals surface area contributed by atoms with Gasteiger partial charge in [0.05, 0.1) is 38.7 Å². The summed E-state index contributed by atoms with van der Waals surface area (Å²) in [7, 11) is 4.14. The topological polar surface area (TPSA) is 171 Å². The van der Waals surface area contributed by atoms with Gasteiger partial charge in [-0.3, -0.25) is 24.2 Å². The van der Waals surface area contributed by atoms with Crippen LogP contribution in [0.3, 0.4) is 0 Å². The molecule has 2 bridgehead atoms. The quantitative estimate of drug-likeness (QED) is 0.131. The molecule has 2 saturated heterocycles. The zero-order chi connectivity index (χ0) is 42.5. The number of anilines is 1. The first-order valence-corrected chi connectivity index (χ1v) is 21.3. The monoisotopic (exact) mass is 824 g/mol. The van der Waals surface area contributed by atoms with Crippen molar-refractivity contribution in [1.82, 2.24) is 14.8 Å². The molecule has 0 radical (unpaired) electrons. The Morgan fingerprint density at radius 3 is 2.48 bits per heavy atom. The van der Waals surface area contributed by atoms with Crippen molar-refractivity contribution < 1.29 is 48.3 Å². The molecule has 2 aromatic carbocycles. The van der Waals surface area contributed by atoms with Gasteiger partial charge in [0, 0.05) is 78.6 Å². The number of rotatable bonds is 8. The molecular weight excluding hydrogens is 769 g/mol. The second kappa shape index (κ2) is 14.4. The minimum atomic E-state index is -2.51. The van der Waals surface area contributed by atoms with E-state index in [9.17, 15) is 29.4 Å². The summed E-state index contributed by atoms with van der Waals surface area (Å²) in [5.41, 5.74) is -1.17. The predicted molar refractivity (Wildman–Crippen MR) is 221 cm³/mol. The zero-order valence-corrected chi connectivity index (χ0v) is 35.2. The van der Waals surface area contributed by atoms with E-state index in [-0.39, 0.29) is 5.92 Å². The van der Waals surface area contributed by atoms with Crippen LogP contribution in [0.15, 0.2) is 48.6 Å². The molecule has 5 aliphatic heterocycles. The molecule has 6 aliphatic rings. The number of aromatic amines is 1. The normalized spacial score (nSPS) is 36.5. The van der Waals surface area contributed by atoms with Crippen molar-refractivity contribution in [3.63, 3.8) is 0 Å². The number of para-hydroxylation sites is 1. The molecule has 11 unspecified atom stereocenters. The summed E-state index contributed by atoms with van der Waals surface area (Å²) < 4.78 is 23.5. The maximum atomic E-state index is 14.7. The van der Waals surface area contributed by atoms with Crippen LogP contribution in [0.4, 0.5) is 5.69 Å². The molecule has 14 heteroatoms. The highest BCUT2D eigenvalue weighted by Crippen LogP contribution is 2.68. The van der Waals surface area contributed by atoms with Crippen LogP contribution in [0.5, 0.6) is 5.75 Å². The number of aromatic nitrogens is 1. The van der Waals surface area contributed by atoms with Gasteiger partial charge in [0.1, 0.15) is 11.7 Å². The highest BCUT2D eigenvalue weighted by Gasteiger charge is 2.81. The molecule has 1 aromatic heterocycles. The number of methoxy groups -OCH3 is 3. The molecule has 3 N–H and O–H groups in total. The highest BCUT2D eigenvalue weighted by atomic mass is 16.6. The van der Waals surface area contributed by atoms with Crippen LogP contribution in [0.25, 0.3) is 10.9 Å². The lowest BCUT2D eigenvalue weighted by atomic mass is 9.47. The summed E-state index contributed by atoms with van der Waals surface area (Å²) in [5.74, 6) is -3.46. The lowest BCUT2D eigenvalue weighted by molar-refractivity contribution is -0.228. The summed E-state index contributed by atoms with van der Waals surface area (Å²) in [5, 5.41) is 26.5. The van der Waals surface area contributed by atoms with E-state index < -0.39 is 70.0 Å². The number of hydrogen-bond acceptors (Lipinski definition) is 12. The number of piperidine rings is 1. The Morgan fingerprint density at radius 2 is 1.80 bits per heavy atom. The van der Waals surface area contributed by atoms with Crippen LogP contribution in [0.1, 0.15) is 80.7 Å². The maximum absolute atomic E-state index is 14.7. The number of aliphatic hydroxyl groups is 2. The first kappa shape index (κ1) is 40.6. The van der Waals surface area contributed by atoms with Gasteiger partial charge in [0.2, 0.25) is 12.0 Å². The molecule has 11 atom stereocenters. The van der Waals surface area contributed by atoms with Crippen LogP contribution >= 0.6 is 0 Å². The highest BCUT2D eigenvalue weighted by molar-refractivity contribution is 5.93. The first-order chi connectivity index (χ1) is 28.8. The number of hydrogen-bond donors (Lipinski definition) is 3. The Balaban J connectivity index is 1.35. The van der Waals surface area contributed by atoms with E-state index in [2.05, 4.69) is 20.9 Å². The summed E-state index contributed by atoms with van der Waals surface area (Å²) in [6, 6.07) is 10.2. The van der Waals surface area contributed by atoms with E-state index in [1.165, 1.54) is 26.0 Å². The third kappa shape index (κ3) is 5.39. The fourth-order valence-corrected chi connectivity index (χ4v) is 13.3.